The Kier molecular flexibility index (Phi) is 3.85. The highest BCUT2D eigenvalue weighted by atomic mass is 28.4. The maximum atomic E-state index is 11.4. The Morgan fingerprint density at radius 2 is 1.68 bits per heavy atom. The summed E-state index contributed by atoms with van der Waals surface area (Å²) < 4.78 is 12.1. The molecule has 22 heavy (non-hydrogen) atoms. The van der Waals surface area contributed by atoms with Crippen molar-refractivity contribution in [2.24, 2.45) is 0 Å². The van der Waals surface area contributed by atoms with Gasteiger partial charge in [-0.2, -0.15) is 0 Å². The molecule has 0 saturated carbocycles. The molecular formula is C18H22O3Si. The summed E-state index contributed by atoms with van der Waals surface area (Å²) in [4.78, 5) is 0. The van der Waals surface area contributed by atoms with Crippen LogP contribution in [0.2, 0.25) is 19.6 Å². The number of hydrogen-bond donors (Lipinski definition) is 1. The molecule has 2 atom stereocenters. The molecule has 0 fully saturated rings. The first-order valence-electron chi connectivity index (χ1n) is 7.58. The molecule has 0 aliphatic carbocycles. The molecule has 3 rings (SSSR count). The first kappa shape index (κ1) is 15.3. The predicted octanol–water partition coefficient (Wildman–Crippen LogP) is 3.86. The van der Waals surface area contributed by atoms with Crippen molar-refractivity contribution in [3.05, 3.63) is 65.7 Å². The average Bonchev–Trinajstić information content (AvgIpc) is 2.84. The second kappa shape index (κ2) is 5.54. The molecule has 1 N–H and O–H groups in total. The van der Waals surface area contributed by atoms with Gasteiger partial charge in [0.2, 0.25) is 0 Å². The Bertz CT molecular complexity index is 651. The van der Waals surface area contributed by atoms with Crippen LogP contribution in [-0.4, -0.2) is 20.0 Å². The van der Waals surface area contributed by atoms with Crippen molar-refractivity contribution in [3.8, 4) is 5.75 Å². The number of benzene rings is 2. The Morgan fingerprint density at radius 1 is 1.05 bits per heavy atom. The third-order valence-electron chi connectivity index (χ3n) is 3.81. The number of para-hydroxylation sites is 1. The van der Waals surface area contributed by atoms with E-state index in [-0.39, 0.29) is 6.61 Å². The van der Waals surface area contributed by atoms with Crippen LogP contribution in [0, 0.1) is 0 Å². The van der Waals surface area contributed by atoms with Gasteiger partial charge in [0.05, 0.1) is 0 Å². The molecule has 0 aromatic heterocycles. The molecule has 1 heterocycles. The Labute approximate surface area is 132 Å². The zero-order valence-corrected chi connectivity index (χ0v) is 14.2. The van der Waals surface area contributed by atoms with Crippen molar-refractivity contribution in [3.63, 3.8) is 0 Å². The van der Waals surface area contributed by atoms with E-state index in [1.54, 1.807) is 0 Å². The van der Waals surface area contributed by atoms with Crippen LogP contribution in [0.15, 0.2) is 54.6 Å². The first-order valence-corrected chi connectivity index (χ1v) is 11.0. The van der Waals surface area contributed by atoms with Gasteiger partial charge in [0, 0.05) is 5.56 Å². The Hall–Kier alpha value is -1.62. The number of rotatable bonds is 4. The minimum Gasteiger partial charge on any atom is -0.490 e. The summed E-state index contributed by atoms with van der Waals surface area (Å²) in [5, 5.41) is 11.4. The van der Waals surface area contributed by atoms with E-state index >= 15 is 0 Å². The highest BCUT2D eigenvalue weighted by Gasteiger charge is 2.48. The quantitative estimate of drug-likeness (QED) is 0.871. The number of aliphatic hydroxyl groups is 1. The van der Waals surface area contributed by atoms with E-state index in [1.807, 2.05) is 54.6 Å². The van der Waals surface area contributed by atoms with Crippen LogP contribution >= 0.6 is 0 Å². The molecule has 0 bridgehead atoms. The van der Waals surface area contributed by atoms with E-state index < -0.39 is 20.0 Å². The van der Waals surface area contributed by atoms with E-state index in [4.69, 9.17) is 9.16 Å². The van der Waals surface area contributed by atoms with Gasteiger partial charge in [0.1, 0.15) is 18.5 Å². The second-order valence-electron chi connectivity index (χ2n) is 6.73. The average molecular weight is 314 g/mol. The lowest BCUT2D eigenvalue weighted by atomic mass is 9.86. The molecule has 4 heteroatoms. The molecule has 0 saturated heterocycles. The number of fused-ring (bicyclic) bond motifs is 1. The van der Waals surface area contributed by atoms with Crippen LogP contribution in [0.3, 0.4) is 0 Å². The highest BCUT2D eigenvalue weighted by Crippen LogP contribution is 2.47. The van der Waals surface area contributed by atoms with Crippen molar-refractivity contribution < 1.29 is 14.3 Å². The molecule has 116 valence electrons. The molecule has 0 amide bonds. The van der Waals surface area contributed by atoms with Crippen LogP contribution in [0.1, 0.15) is 17.2 Å². The van der Waals surface area contributed by atoms with Crippen molar-refractivity contribution in [1.82, 2.24) is 0 Å². The van der Waals surface area contributed by atoms with Crippen molar-refractivity contribution in [2.45, 2.75) is 31.3 Å². The van der Waals surface area contributed by atoms with Gasteiger partial charge in [-0.3, -0.25) is 0 Å². The summed E-state index contributed by atoms with van der Waals surface area (Å²) in [6.07, 6.45) is -0.427. The summed E-state index contributed by atoms with van der Waals surface area (Å²) in [6.45, 7) is 6.62. The normalized spacial score (nSPS) is 22.0. The minimum absolute atomic E-state index is 0.219. The summed E-state index contributed by atoms with van der Waals surface area (Å²) in [6, 6.07) is 17.6. The molecule has 1 aliphatic rings. The van der Waals surface area contributed by atoms with Gasteiger partial charge in [-0.25, -0.2) is 0 Å². The van der Waals surface area contributed by atoms with Crippen LogP contribution in [-0.2, 0) is 10.0 Å². The second-order valence-corrected chi connectivity index (χ2v) is 11.2. The van der Waals surface area contributed by atoms with Crippen LogP contribution < -0.4 is 4.74 Å². The molecule has 1 aliphatic heterocycles. The summed E-state index contributed by atoms with van der Waals surface area (Å²) in [5.74, 6) is 0.741. The van der Waals surface area contributed by atoms with Crippen molar-refractivity contribution in [1.29, 1.82) is 0 Å². The topological polar surface area (TPSA) is 38.7 Å². The van der Waals surface area contributed by atoms with Crippen LogP contribution in [0.5, 0.6) is 5.75 Å². The smallest absolute Gasteiger partial charge is 0.184 e. The largest absolute Gasteiger partial charge is 0.490 e. The Morgan fingerprint density at radius 3 is 2.36 bits per heavy atom. The first-order chi connectivity index (χ1) is 10.4. The van der Waals surface area contributed by atoms with E-state index in [1.165, 1.54) is 0 Å². The molecule has 2 aromatic rings. The number of ether oxygens (including phenoxy) is 1. The van der Waals surface area contributed by atoms with Crippen molar-refractivity contribution >= 4 is 8.32 Å². The fourth-order valence-electron chi connectivity index (χ4n) is 2.86. The summed E-state index contributed by atoms with van der Waals surface area (Å²) >= 11 is 0. The maximum Gasteiger partial charge on any atom is 0.184 e. The molecule has 0 spiro atoms. The number of hydrogen-bond acceptors (Lipinski definition) is 3. The van der Waals surface area contributed by atoms with Gasteiger partial charge in [0.25, 0.3) is 0 Å². The van der Waals surface area contributed by atoms with Gasteiger partial charge in [-0.05, 0) is 31.3 Å². The lowest BCUT2D eigenvalue weighted by Gasteiger charge is -2.36. The standard InChI is InChI=1S/C18H22O3Si/c1-22(2,3)21-17(14-9-5-4-6-10-14)18(19)13-20-16-12-8-7-11-15(16)18/h4-12,17,19H,13H2,1-3H3/t17-,18+/m1/s1. The third-order valence-corrected chi connectivity index (χ3v) is 4.75. The lowest BCUT2D eigenvalue weighted by molar-refractivity contribution is -0.0826. The van der Waals surface area contributed by atoms with Gasteiger partial charge in [-0.1, -0.05) is 48.5 Å². The Balaban J connectivity index is 2.07. The zero-order chi connectivity index (χ0) is 15.8. The third kappa shape index (κ3) is 2.82. The lowest BCUT2D eigenvalue weighted by Crippen LogP contribution is -2.42. The fraction of sp³-hybridized carbons (Fsp3) is 0.333. The fourth-order valence-corrected chi connectivity index (χ4v) is 3.89. The monoisotopic (exact) mass is 314 g/mol. The van der Waals surface area contributed by atoms with Crippen LogP contribution in [0.4, 0.5) is 0 Å². The van der Waals surface area contributed by atoms with Gasteiger partial charge >= 0.3 is 0 Å². The van der Waals surface area contributed by atoms with Gasteiger partial charge in [0.15, 0.2) is 13.9 Å². The summed E-state index contributed by atoms with van der Waals surface area (Å²) in [7, 11) is -1.85. The maximum absolute atomic E-state index is 11.4. The molecule has 2 aromatic carbocycles. The zero-order valence-electron chi connectivity index (χ0n) is 13.2. The molecular weight excluding hydrogens is 292 g/mol. The summed E-state index contributed by atoms with van der Waals surface area (Å²) in [5.41, 5.74) is 0.632. The van der Waals surface area contributed by atoms with E-state index in [0.717, 1.165) is 16.9 Å². The van der Waals surface area contributed by atoms with E-state index in [9.17, 15) is 5.11 Å². The molecule has 0 radical (unpaired) electrons. The highest BCUT2D eigenvalue weighted by molar-refractivity contribution is 6.69. The predicted molar refractivity (Wildman–Crippen MR) is 89.4 cm³/mol. The minimum atomic E-state index is -1.85. The van der Waals surface area contributed by atoms with Gasteiger partial charge in [-0.15, -0.1) is 0 Å². The SMILES string of the molecule is C[Si](C)(C)O[C@H](c1ccccc1)[C@]1(O)COc2ccccc21. The van der Waals surface area contributed by atoms with Crippen LogP contribution in [0.25, 0.3) is 0 Å². The van der Waals surface area contributed by atoms with Crippen molar-refractivity contribution in [2.75, 3.05) is 6.61 Å². The van der Waals surface area contributed by atoms with E-state index in [2.05, 4.69) is 19.6 Å². The van der Waals surface area contributed by atoms with Gasteiger partial charge < -0.3 is 14.3 Å². The molecule has 0 unspecified atom stereocenters. The molecule has 3 nitrogen and oxygen atoms in total. The van der Waals surface area contributed by atoms with E-state index in [0.29, 0.717) is 0 Å².